The Bertz CT molecular complexity index is 723. The molecule has 0 bridgehead atoms. The smallest absolute Gasteiger partial charge is 0.155 e. The van der Waals surface area contributed by atoms with Crippen LogP contribution in [0, 0.1) is 17.2 Å². The predicted octanol–water partition coefficient (Wildman–Crippen LogP) is 4.22. The summed E-state index contributed by atoms with van der Waals surface area (Å²) in [6.45, 7) is 4.28. The first-order valence-corrected chi connectivity index (χ1v) is 7.24. The van der Waals surface area contributed by atoms with Gasteiger partial charge in [0.25, 0.3) is 0 Å². The largest absolute Gasteiger partial charge is 0.238 e. The molecule has 0 amide bonds. The minimum atomic E-state index is 0.268. The van der Waals surface area contributed by atoms with Gasteiger partial charge in [-0.2, -0.15) is 5.26 Å². The van der Waals surface area contributed by atoms with Crippen LogP contribution in [0.1, 0.15) is 42.9 Å². The van der Waals surface area contributed by atoms with E-state index in [-0.39, 0.29) is 5.92 Å². The van der Waals surface area contributed by atoms with Crippen LogP contribution in [0.4, 0.5) is 5.82 Å². The molecule has 3 rings (SSSR count). The van der Waals surface area contributed by atoms with Crippen molar-refractivity contribution in [2.75, 3.05) is 0 Å². The molecule has 0 saturated heterocycles. The molecule has 0 spiro atoms. The number of pyridine rings is 1. The third kappa shape index (κ3) is 2.34. The van der Waals surface area contributed by atoms with Crippen molar-refractivity contribution >= 4 is 11.5 Å². The lowest BCUT2D eigenvalue weighted by Crippen LogP contribution is -2.24. The molecule has 2 heterocycles. The molecule has 104 valence electrons. The van der Waals surface area contributed by atoms with E-state index in [2.05, 4.69) is 48.1 Å². The lowest BCUT2D eigenvalue weighted by molar-refractivity contribution is 0.572. The molecule has 0 aliphatic carbocycles. The van der Waals surface area contributed by atoms with Crippen LogP contribution in [-0.2, 0) is 0 Å². The van der Waals surface area contributed by atoms with E-state index in [0.29, 0.717) is 11.5 Å². The van der Waals surface area contributed by atoms with Gasteiger partial charge in [-0.05, 0) is 37.1 Å². The first-order valence-electron chi connectivity index (χ1n) is 7.24. The van der Waals surface area contributed by atoms with Crippen LogP contribution >= 0.6 is 0 Å². The van der Waals surface area contributed by atoms with E-state index >= 15 is 0 Å². The number of aliphatic imine (C=N–C) groups is 1. The molecule has 1 aromatic carbocycles. The fourth-order valence-corrected chi connectivity index (χ4v) is 3.16. The van der Waals surface area contributed by atoms with E-state index in [1.165, 1.54) is 11.1 Å². The summed E-state index contributed by atoms with van der Waals surface area (Å²) in [6.07, 6.45) is 2.83. The van der Waals surface area contributed by atoms with Gasteiger partial charge in [0.05, 0.1) is 11.6 Å². The third-order valence-corrected chi connectivity index (χ3v) is 4.21. The minimum absolute atomic E-state index is 0.268. The van der Waals surface area contributed by atoms with Crippen molar-refractivity contribution in [3.63, 3.8) is 0 Å². The summed E-state index contributed by atoms with van der Waals surface area (Å²) in [6, 6.07) is 14.1. The molecule has 2 unspecified atom stereocenters. The van der Waals surface area contributed by atoms with Gasteiger partial charge in [0, 0.05) is 29.3 Å². The quantitative estimate of drug-likeness (QED) is 0.824. The highest BCUT2D eigenvalue weighted by Gasteiger charge is 2.31. The van der Waals surface area contributed by atoms with Crippen LogP contribution in [0.5, 0.6) is 0 Å². The van der Waals surface area contributed by atoms with Gasteiger partial charge in [-0.3, -0.25) is 0 Å². The summed E-state index contributed by atoms with van der Waals surface area (Å²) in [5, 5.41) is 8.96. The van der Waals surface area contributed by atoms with Crippen LogP contribution in [0.2, 0.25) is 0 Å². The molecule has 1 aliphatic rings. The van der Waals surface area contributed by atoms with Crippen LogP contribution in [0.15, 0.2) is 47.6 Å². The maximum absolute atomic E-state index is 8.96. The SMILES string of the molecule is CCC1C(C)=Nc2ncccc2C1c1ccc(C#N)cc1. The Morgan fingerprint density at radius 1 is 1.19 bits per heavy atom. The van der Waals surface area contributed by atoms with E-state index in [1.54, 1.807) is 6.20 Å². The Kier molecular flexibility index (Phi) is 3.53. The van der Waals surface area contributed by atoms with Gasteiger partial charge in [0.2, 0.25) is 0 Å². The number of rotatable bonds is 2. The second-order valence-corrected chi connectivity index (χ2v) is 5.40. The number of hydrogen-bond donors (Lipinski definition) is 0. The molecule has 0 radical (unpaired) electrons. The number of nitriles is 1. The first kappa shape index (κ1) is 13.5. The lowest BCUT2D eigenvalue weighted by Gasteiger charge is -2.31. The Morgan fingerprint density at radius 3 is 2.62 bits per heavy atom. The molecule has 1 aliphatic heterocycles. The van der Waals surface area contributed by atoms with E-state index in [9.17, 15) is 0 Å². The highest BCUT2D eigenvalue weighted by atomic mass is 14.9. The summed E-state index contributed by atoms with van der Waals surface area (Å²) in [4.78, 5) is 9.07. The van der Waals surface area contributed by atoms with Crippen LogP contribution in [-0.4, -0.2) is 10.7 Å². The molecule has 3 heteroatoms. The lowest BCUT2D eigenvalue weighted by atomic mass is 9.75. The standard InChI is InChI=1S/C18H17N3/c1-3-15-12(2)21-18-16(5-4-10-20-18)17(15)14-8-6-13(11-19)7-9-14/h4-10,15,17H,3H2,1-2H3. The van der Waals surface area contributed by atoms with Gasteiger partial charge in [0.1, 0.15) is 0 Å². The number of aromatic nitrogens is 1. The Balaban J connectivity index is 2.13. The number of nitrogens with zero attached hydrogens (tertiary/aromatic N) is 3. The Morgan fingerprint density at radius 2 is 1.95 bits per heavy atom. The van der Waals surface area contributed by atoms with Crippen molar-refractivity contribution < 1.29 is 0 Å². The third-order valence-electron chi connectivity index (χ3n) is 4.21. The van der Waals surface area contributed by atoms with Crippen molar-refractivity contribution in [2.24, 2.45) is 10.9 Å². The summed E-state index contributed by atoms with van der Waals surface area (Å²) in [5.74, 6) is 1.48. The van der Waals surface area contributed by atoms with Crippen molar-refractivity contribution in [3.8, 4) is 6.07 Å². The zero-order chi connectivity index (χ0) is 14.8. The molecule has 2 aromatic rings. The fourth-order valence-electron chi connectivity index (χ4n) is 3.16. The van der Waals surface area contributed by atoms with Gasteiger partial charge in [0.15, 0.2) is 5.82 Å². The van der Waals surface area contributed by atoms with Crippen LogP contribution in [0.3, 0.4) is 0 Å². The monoisotopic (exact) mass is 275 g/mol. The van der Waals surface area contributed by atoms with Crippen molar-refractivity contribution in [3.05, 3.63) is 59.3 Å². The van der Waals surface area contributed by atoms with E-state index in [4.69, 9.17) is 5.26 Å². The van der Waals surface area contributed by atoms with E-state index in [0.717, 1.165) is 18.0 Å². The van der Waals surface area contributed by atoms with E-state index in [1.807, 2.05) is 18.2 Å². The van der Waals surface area contributed by atoms with Crippen molar-refractivity contribution in [2.45, 2.75) is 26.2 Å². The molecule has 0 saturated carbocycles. The molecule has 21 heavy (non-hydrogen) atoms. The zero-order valence-corrected chi connectivity index (χ0v) is 12.2. The van der Waals surface area contributed by atoms with Gasteiger partial charge >= 0.3 is 0 Å². The van der Waals surface area contributed by atoms with Crippen molar-refractivity contribution in [1.29, 1.82) is 5.26 Å². The summed E-state index contributed by atoms with van der Waals surface area (Å²) in [7, 11) is 0. The summed E-state index contributed by atoms with van der Waals surface area (Å²) < 4.78 is 0. The second kappa shape index (κ2) is 5.49. The van der Waals surface area contributed by atoms with Gasteiger partial charge in [-0.15, -0.1) is 0 Å². The molecule has 0 fully saturated rings. The highest BCUT2D eigenvalue weighted by molar-refractivity contribution is 5.90. The van der Waals surface area contributed by atoms with Gasteiger partial charge in [-0.1, -0.05) is 25.1 Å². The topological polar surface area (TPSA) is 49.0 Å². The molecule has 2 atom stereocenters. The number of fused-ring (bicyclic) bond motifs is 1. The maximum Gasteiger partial charge on any atom is 0.155 e. The van der Waals surface area contributed by atoms with Crippen LogP contribution in [0.25, 0.3) is 0 Å². The molecular formula is C18H17N3. The minimum Gasteiger partial charge on any atom is -0.238 e. The fraction of sp³-hybridized carbons (Fsp3) is 0.278. The summed E-state index contributed by atoms with van der Waals surface area (Å²) >= 11 is 0. The molecular weight excluding hydrogens is 258 g/mol. The average Bonchev–Trinajstić information content (AvgIpc) is 2.53. The Labute approximate surface area is 125 Å². The number of hydrogen-bond acceptors (Lipinski definition) is 3. The number of benzene rings is 1. The van der Waals surface area contributed by atoms with Gasteiger partial charge in [-0.25, -0.2) is 9.98 Å². The second-order valence-electron chi connectivity index (χ2n) is 5.40. The first-order chi connectivity index (χ1) is 10.2. The van der Waals surface area contributed by atoms with Crippen LogP contribution < -0.4 is 0 Å². The normalized spacial score (nSPS) is 20.3. The maximum atomic E-state index is 8.96. The van der Waals surface area contributed by atoms with Gasteiger partial charge < -0.3 is 0 Å². The average molecular weight is 275 g/mol. The molecule has 1 aromatic heterocycles. The molecule has 3 nitrogen and oxygen atoms in total. The Hall–Kier alpha value is -2.47. The summed E-state index contributed by atoms with van der Waals surface area (Å²) in [5.41, 5.74) is 4.24. The highest BCUT2D eigenvalue weighted by Crippen LogP contribution is 2.42. The predicted molar refractivity (Wildman–Crippen MR) is 83.8 cm³/mol. The van der Waals surface area contributed by atoms with E-state index < -0.39 is 0 Å². The molecule has 0 N–H and O–H groups in total. The van der Waals surface area contributed by atoms with Crippen molar-refractivity contribution in [1.82, 2.24) is 4.98 Å². The zero-order valence-electron chi connectivity index (χ0n) is 12.2.